The summed E-state index contributed by atoms with van der Waals surface area (Å²) >= 11 is 0. The Kier molecular flexibility index (Phi) is 11.1. The van der Waals surface area contributed by atoms with Gasteiger partial charge in [0.15, 0.2) is 0 Å². The van der Waals surface area contributed by atoms with E-state index in [2.05, 4.69) is 234 Å². The standard InChI is InChI=1S/C55H51N4O.Pt/c1-53(2,3)40-22-17-23-43(30-40)58-37-57(36-51(58)38-18-11-9-12-19-38)44-31-42(54(4,5)6)32-46(34-44)60-45-26-27-48-47-24-15-16-25-49(47)59(50(48)35-45)52-33-41(28-29-56-52)55(7,8)39-20-13-10-14-21-39;/h9-33,36-37H,1-8H3;/q-3;. The van der Waals surface area contributed by atoms with Crippen LogP contribution in [0.25, 0.3) is 33.3 Å². The van der Waals surface area contributed by atoms with E-state index in [0.29, 0.717) is 11.5 Å². The summed E-state index contributed by atoms with van der Waals surface area (Å²) in [6, 6.07) is 58.7. The molecule has 0 amide bonds. The van der Waals surface area contributed by atoms with Gasteiger partial charge in [0.05, 0.1) is 0 Å². The quantitative estimate of drug-likeness (QED) is 0.142. The van der Waals surface area contributed by atoms with Gasteiger partial charge in [0.25, 0.3) is 0 Å². The van der Waals surface area contributed by atoms with Crippen LogP contribution in [0.4, 0.5) is 11.4 Å². The zero-order valence-corrected chi connectivity index (χ0v) is 38.4. The molecule has 5 nitrogen and oxygen atoms in total. The monoisotopic (exact) mass is 978 g/mol. The Morgan fingerprint density at radius 2 is 1.26 bits per heavy atom. The minimum Gasteiger partial charge on any atom is -0.509 e. The molecule has 1 aliphatic rings. The molecule has 0 bridgehead atoms. The van der Waals surface area contributed by atoms with Crippen LogP contribution < -0.4 is 14.5 Å². The molecule has 2 aromatic heterocycles. The van der Waals surface area contributed by atoms with Crippen LogP contribution in [0.5, 0.6) is 11.5 Å². The van der Waals surface area contributed by atoms with Gasteiger partial charge in [-0.05, 0) is 75.0 Å². The molecular weight excluding hydrogens is 928 g/mol. The molecule has 6 heteroatoms. The Balaban J connectivity index is 0.00000514. The van der Waals surface area contributed by atoms with Crippen molar-refractivity contribution in [3.05, 3.63) is 205 Å². The number of ether oxygens (including phenoxy) is 1. The summed E-state index contributed by atoms with van der Waals surface area (Å²) in [5.41, 5.74) is 10.7. The molecule has 3 heterocycles. The average molecular weight is 979 g/mol. The summed E-state index contributed by atoms with van der Waals surface area (Å²) in [5.74, 6) is 2.06. The molecule has 0 spiro atoms. The van der Waals surface area contributed by atoms with Crippen molar-refractivity contribution in [2.45, 2.75) is 71.6 Å². The maximum atomic E-state index is 6.80. The number of rotatable bonds is 8. The van der Waals surface area contributed by atoms with Crippen LogP contribution in [0.3, 0.4) is 0 Å². The molecule has 0 radical (unpaired) electrons. The molecule has 0 aliphatic carbocycles. The van der Waals surface area contributed by atoms with Crippen LogP contribution in [0.15, 0.2) is 158 Å². The smallest absolute Gasteiger partial charge is 0.135 e. The Morgan fingerprint density at radius 1 is 0.574 bits per heavy atom. The predicted octanol–water partition coefficient (Wildman–Crippen LogP) is 13.9. The normalized spacial score (nSPS) is 13.4. The van der Waals surface area contributed by atoms with Crippen LogP contribution >= 0.6 is 0 Å². The molecule has 0 unspecified atom stereocenters. The molecular formula is C55H51N4OPt-3. The van der Waals surface area contributed by atoms with E-state index >= 15 is 0 Å². The summed E-state index contributed by atoms with van der Waals surface area (Å²) in [5, 5.41) is 2.22. The number of pyridine rings is 1. The van der Waals surface area contributed by atoms with Crippen molar-refractivity contribution in [3.8, 4) is 17.3 Å². The number of aromatic nitrogens is 2. The number of benzene rings is 6. The molecule has 1 aliphatic heterocycles. The fraction of sp³-hybridized carbons (Fsp3) is 0.200. The number of hydrogen-bond acceptors (Lipinski definition) is 4. The molecule has 6 aromatic carbocycles. The Hall–Kier alpha value is -5.90. The second kappa shape index (κ2) is 16.2. The van der Waals surface area contributed by atoms with E-state index in [9.17, 15) is 0 Å². The summed E-state index contributed by atoms with van der Waals surface area (Å²) in [7, 11) is 0. The summed E-state index contributed by atoms with van der Waals surface area (Å²) in [6.07, 6.45) is 4.11. The third-order valence-corrected chi connectivity index (χ3v) is 11.8. The van der Waals surface area contributed by atoms with Crippen LogP contribution in [-0.4, -0.2) is 9.55 Å². The number of para-hydroxylation sites is 1. The van der Waals surface area contributed by atoms with Gasteiger partial charge < -0.3 is 19.1 Å². The topological polar surface area (TPSA) is 33.5 Å². The van der Waals surface area contributed by atoms with Crippen LogP contribution in [0.1, 0.15) is 83.2 Å². The number of nitrogens with zero attached hydrogens (tertiary/aromatic N) is 4. The van der Waals surface area contributed by atoms with Gasteiger partial charge in [-0.25, -0.2) is 4.98 Å². The molecule has 0 fully saturated rings. The second-order valence-electron chi connectivity index (χ2n) is 18.4. The first-order valence-corrected chi connectivity index (χ1v) is 20.8. The summed E-state index contributed by atoms with van der Waals surface area (Å²) in [6.45, 7) is 20.2. The van der Waals surface area contributed by atoms with Crippen LogP contribution in [-0.2, 0) is 37.3 Å². The number of hydrogen-bond donors (Lipinski definition) is 0. The van der Waals surface area contributed by atoms with E-state index in [0.717, 1.165) is 55.8 Å². The van der Waals surface area contributed by atoms with E-state index in [1.54, 1.807) is 0 Å². The largest absolute Gasteiger partial charge is 0.509 e. The minimum atomic E-state index is -0.224. The Labute approximate surface area is 375 Å². The van der Waals surface area contributed by atoms with E-state index in [4.69, 9.17) is 9.72 Å². The molecule has 61 heavy (non-hydrogen) atoms. The van der Waals surface area contributed by atoms with E-state index in [1.165, 1.54) is 16.7 Å². The van der Waals surface area contributed by atoms with Gasteiger partial charge in [-0.1, -0.05) is 152 Å². The zero-order chi connectivity index (χ0) is 41.8. The third-order valence-electron chi connectivity index (χ3n) is 11.8. The molecule has 0 N–H and O–H groups in total. The van der Waals surface area contributed by atoms with Crippen molar-refractivity contribution in [1.29, 1.82) is 0 Å². The maximum absolute atomic E-state index is 6.80. The van der Waals surface area contributed by atoms with E-state index in [-0.39, 0.29) is 37.3 Å². The molecule has 310 valence electrons. The zero-order valence-electron chi connectivity index (χ0n) is 36.1. The van der Waals surface area contributed by atoms with Crippen LogP contribution in [0, 0.1) is 18.8 Å². The van der Waals surface area contributed by atoms with E-state index in [1.807, 2.05) is 12.3 Å². The summed E-state index contributed by atoms with van der Waals surface area (Å²) < 4.78 is 9.01. The predicted molar refractivity (Wildman–Crippen MR) is 249 cm³/mol. The molecule has 9 rings (SSSR count). The summed E-state index contributed by atoms with van der Waals surface area (Å²) in [4.78, 5) is 9.38. The molecule has 0 saturated heterocycles. The van der Waals surface area contributed by atoms with Crippen LogP contribution in [0.2, 0.25) is 0 Å². The van der Waals surface area contributed by atoms with Gasteiger partial charge in [0.1, 0.15) is 5.82 Å². The van der Waals surface area contributed by atoms with Crippen molar-refractivity contribution in [2.75, 3.05) is 9.80 Å². The van der Waals surface area contributed by atoms with Crippen molar-refractivity contribution in [3.63, 3.8) is 0 Å². The molecule has 8 aromatic rings. The van der Waals surface area contributed by atoms with E-state index < -0.39 is 0 Å². The first-order chi connectivity index (χ1) is 28.7. The average Bonchev–Trinajstić information content (AvgIpc) is 3.84. The van der Waals surface area contributed by atoms with Crippen molar-refractivity contribution < 1.29 is 25.8 Å². The van der Waals surface area contributed by atoms with Gasteiger partial charge in [0.2, 0.25) is 0 Å². The fourth-order valence-corrected chi connectivity index (χ4v) is 8.09. The van der Waals surface area contributed by atoms with Gasteiger partial charge in [0, 0.05) is 61.1 Å². The minimum absolute atomic E-state index is 0. The molecule has 0 atom stereocenters. The van der Waals surface area contributed by atoms with Crippen molar-refractivity contribution >= 4 is 38.9 Å². The van der Waals surface area contributed by atoms with Gasteiger partial charge >= 0.3 is 0 Å². The van der Waals surface area contributed by atoms with Crippen molar-refractivity contribution in [1.82, 2.24) is 9.55 Å². The Morgan fingerprint density at radius 3 is 2.00 bits per heavy atom. The number of anilines is 2. The van der Waals surface area contributed by atoms with Crippen molar-refractivity contribution in [2.24, 2.45) is 0 Å². The maximum Gasteiger partial charge on any atom is 0.135 e. The van der Waals surface area contributed by atoms with Gasteiger partial charge in [-0.2, -0.15) is 6.07 Å². The Bertz CT molecular complexity index is 2880. The first-order valence-electron chi connectivity index (χ1n) is 20.8. The first kappa shape index (κ1) is 41.8. The SMILES string of the molecule is CC(C)(C)c1cc(Oc2[c-]c3c(cc2)c2ccccc2n3-c2cc(C(C)(C)c3ccccc3)ccn2)[c-]c(N2C=C(c3ccccc3)N(c3cccc(C(C)(C)C)c3)[CH-]2)c1.[Pt]. The third kappa shape index (κ3) is 8.17. The fourth-order valence-electron chi connectivity index (χ4n) is 8.09. The van der Waals surface area contributed by atoms with Gasteiger partial charge in [-0.15, -0.1) is 53.6 Å². The second-order valence-corrected chi connectivity index (χ2v) is 18.4. The van der Waals surface area contributed by atoms with Gasteiger partial charge in [-0.3, -0.25) is 0 Å². The number of fused-ring (bicyclic) bond motifs is 3. The molecule has 0 saturated carbocycles.